The average molecular weight is 369 g/mol. The summed E-state index contributed by atoms with van der Waals surface area (Å²) in [6.45, 7) is 7.30. The summed E-state index contributed by atoms with van der Waals surface area (Å²) in [5.74, 6) is 3.12. The molecule has 144 valence electrons. The molecule has 2 aromatic carbocycles. The van der Waals surface area contributed by atoms with Crippen molar-refractivity contribution in [1.29, 1.82) is 0 Å². The Morgan fingerprint density at radius 1 is 1.07 bits per heavy atom. The third-order valence-corrected chi connectivity index (χ3v) is 4.03. The Bertz CT molecular complexity index is 777. The van der Waals surface area contributed by atoms with Gasteiger partial charge in [-0.1, -0.05) is 18.2 Å². The van der Waals surface area contributed by atoms with E-state index in [4.69, 9.17) is 19.2 Å². The number of aliphatic imine (C=N–C) groups is 1. The number of ether oxygens (including phenoxy) is 3. The molecule has 1 heterocycles. The van der Waals surface area contributed by atoms with Crippen LogP contribution < -0.4 is 24.8 Å². The number of nitrogens with zero attached hydrogens (tertiary/aromatic N) is 1. The SMILES string of the molecule is CCNC(=NCc1ccccc1OCC)Nc1ccc2c(c1)OCCCO2. The Kier molecular flexibility index (Phi) is 6.79. The van der Waals surface area contributed by atoms with Crippen LogP contribution in [-0.4, -0.2) is 32.3 Å². The van der Waals surface area contributed by atoms with Gasteiger partial charge in [0.2, 0.25) is 0 Å². The van der Waals surface area contributed by atoms with E-state index < -0.39 is 0 Å². The quantitative estimate of drug-likeness (QED) is 0.599. The molecule has 0 amide bonds. The number of benzene rings is 2. The van der Waals surface area contributed by atoms with Gasteiger partial charge < -0.3 is 24.8 Å². The van der Waals surface area contributed by atoms with Crippen molar-refractivity contribution in [3.05, 3.63) is 48.0 Å². The zero-order valence-corrected chi connectivity index (χ0v) is 16.0. The molecule has 6 heteroatoms. The maximum atomic E-state index is 5.76. The summed E-state index contributed by atoms with van der Waals surface area (Å²) < 4.78 is 17.1. The number of para-hydroxylation sites is 1. The molecular weight excluding hydrogens is 342 g/mol. The van der Waals surface area contributed by atoms with Gasteiger partial charge in [0.1, 0.15) is 5.75 Å². The molecule has 0 aliphatic carbocycles. The normalized spacial score (nSPS) is 13.6. The number of hydrogen-bond acceptors (Lipinski definition) is 4. The van der Waals surface area contributed by atoms with Crippen LogP contribution in [0, 0.1) is 0 Å². The zero-order chi connectivity index (χ0) is 18.9. The third kappa shape index (κ3) is 5.29. The Labute approximate surface area is 160 Å². The first-order valence-electron chi connectivity index (χ1n) is 9.45. The minimum Gasteiger partial charge on any atom is -0.494 e. The highest BCUT2D eigenvalue weighted by Crippen LogP contribution is 2.32. The minimum atomic E-state index is 0.524. The molecule has 2 N–H and O–H groups in total. The summed E-state index contributed by atoms with van der Waals surface area (Å²) in [5, 5.41) is 6.61. The predicted octanol–water partition coefficient (Wildman–Crippen LogP) is 3.82. The predicted molar refractivity (Wildman–Crippen MR) is 108 cm³/mol. The van der Waals surface area contributed by atoms with E-state index in [0.717, 1.165) is 41.5 Å². The Morgan fingerprint density at radius 2 is 1.89 bits per heavy atom. The molecule has 0 spiro atoms. The summed E-state index contributed by atoms with van der Waals surface area (Å²) in [6.07, 6.45) is 0.890. The summed E-state index contributed by atoms with van der Waals surface area (Å²) in [6, 6.07) is 13.8. The Hall–Kier alpha value is -2.89. The molecule has 1 aliphatic rings. The lowest BCUT2D eigenvalue weighted by molar-refractivity contribution is 0.297. The first-order chi connectivity index (χ1) is 13.3. The topological polar surface area (TPSA) is 64.1 Å². The van der Waals surface area contributed by atoms with Gasteiger partial charge in [0.25, 0.3) is 0 Å². The van der Waals surface area contributed by atoms with Crippen molar-refractivity contribution in [2.24, 2.45) is 4.99 Å². The molecule has 1 aliphatic heterocycles. The summed E-state index contributed by atoms with van der Waals surface area (Å²) in [5.41, 5.74) is 1.95. The summed E-state index contributed by atoms with van der Waals surface area (Å²) in [7, 11) is 0. The van der Waals surface area contributed by atoms with E-state index in [1.165, 1.54) is 0 Å². The number of hydrogen-bond donors (Lipinski definition) is 2. The molecule has 0 aromatic heterocycles. The fourth-order valence-corrected chi connectivity index (χ4v) is 2.78. The monoisotopic (exact) mass is 369 g/mol. The lowest BCUT2D eigenvalue weighted by Crippen LogP contribution is -2.30. The smallest absolute Gasteiger partial charge is 0.196 e. The van der Waals surface area contributed by atoms with Crippen molar-refractivity contribution in [3.63, 3.8) is 0 Å². The van der Waals surface area contributed by atoms with Crippen LogP contribution >= 0.6 is 0 Å². The van der Waals surface area contributed by atoms with Crippen LogP contribution in [0.5, 0.6) is 17.2 Å². The average Bonchev–Trinajstić information content (AvgIpc) is 2.92. The number of guanidine groups is 1. The van der Waals surface area contributed by atoms with E-state index in [-0.39, 0.29) is 0 Å². The highest BCUT2D eigenvalue weighted by molar-refractivity contribution is 5.93. The first-order valence-corrected chi connectivity index (χ1v) is 9.45. The van der Waals surface area contributed by atoms with Gasteiger partial charge in [-0.3, -0.25) is 0 Å². The highest BCUT2D eigenvalue weighted by Gasteiger charge is 2.11. The lowest BCUT2D eigenvalue weighted by atomic mass is 10.2. The van der Waals surface area contributed by atoms with E-state index in [1.54, 1.807) is 0 Å². The van der Waals surface area contributed by atoms with Gasteiger partial charge in [-0.05, 0) is 32.0 Å². The number of anilines is 1. The second-order valence-electron chi connectivity index (χ2n) is 6.07. The molecule has 0 atom stereocenters. The van der Waals surface area contributed by atoms with Crippen molar-refractivity contribution in [2.75, 3.05) is 31.7 Å². The largest absolute Gasteiger partial charge is 0.494 e. The van der Waals surface area contributed by atoms with E-state index in [0.29, 0.717) is 32.3 Å². The lowest BCUT2D eigenvalue weighted by Gasteiger charge is -2.14. The van der Waals surface area contributed by atoms with Crippen LogP contribution in [0.15, 0.2) is 47.5 Å². The summed E-state index contributed by atoms with van der Waals surface area (Å²) >= 11 is 0. The molecule has 6 nitrogen and oxygen atoms in total. The fourth-order valence-electron chi connectivity index (χ4n) is 2.78. The van der Waals surface area contributed by atoms with Crippen molar-refractivity contribution < 1.29 is 14.2 Å². The molecule has 0 radical (unpaired) electrons. The Balaban J connectivity index is 1.74. The standard InChI is InChI=1S/C21H27N3O3/c1-3-22-21(23-15-16-8-5-6-9-18(16)25-4-2)24-17-10-11-19-20(14-17)27-13-7-12-26-19/h5-6,8-11,14H,3-4,7,12-13,15H2,1-2H3,(H2,22,23,24). The highest BCUT2D eigenvalue weighted by atomic mass is 16.5. The fraction of sp³-hybridized carbons (Fsp3) is 0.381. The van der Waals surface area contributed by atoms with Crippen molar-refractivity contribution in [1.82, 2.24) is 5.32 Å². The number of nitrogens with one attached hydrogen (secondary N) is 2. The molecule has 0 saturated carbocycles. The van der Waals surface area contributed by atoms with E-state index >= 15 is 0 Å². The van der Waals surface area contributed by atoms with Crippen LogP contribution in [0.2, 0.25) is 0 Å². The molecule has 0 fully saturated rings. The van der Waals surface area contributed by atoms with Crippen LogP contribution in [-0.2, 0) is 6.54 Å². The van der Waals surface area contributed by atoms with Crippen molar-refractivity contribution in [3.8, 4) is 17.2 Å². The van der Waals surface area contributed by atoms with Gasteiger partial charge in [-0.15, -0.1) is 0 Å². The van der Waals surface area contributed by atoms with Crippen molar-refractivity contribution in [2.45, 2.75) is 26.8 Å². The van der Waals surface area contributed by atoms with Gasteiger partial charge in [0, 0.05) is 30.3 Å². The number of rotatable bonds is 6. The van der Waals surface area contributed by atoms with E-state index in [2.05, 4.69) is 10.6 Å². The molecule has 3 rings (SSSR count). The van der Waals surface area contributed by atoms with Gasteiger partial charge in [0.05, 0.1) is 26.4 Å². The van der Waals surface area contributed by atoms with E-state index in [9.17, 15) is 0 Å². The van der Waals surface area contributed by atoms with E-state index in [1.807, 2.05) is 56.3 Å². The second kappa shape index (κ2) is 9.71. The maximum absolute atomic E-state index is 5.76. The van der Waals surface area contributed by atoms with Gasteiger partial charge in [-0.2, -0.15) is 0 Å². The molecule has 0 unspecified atom stereocenters. The maximum Gasteiger partial charge on any atom is 0.196 e. The van der Waals surface area contributed by atoms with Crippen LogP contribution in [0.25, 0.3) is 0 Å². The van der Waals surface area contributed by atoms with Crippen LogP contribution in [0.1, 0.15) is 25.8 Å². The van der Waals surface area contributed by atoms with Crippen LogP contribution in [0.3, 0.4) is 0 Å². The first kappa shape index (κ1) is 18.9. The molecule has 0 saturated heterocycles. The molecular formula is C21H27N3O3. The Morgan fingerprint density at radius 3 is 2.70 bits per heavy atom. The third-order valence-electron chi connectivity index (χ3n) is 4.03. The summed E-state index contributed by atoms with van der Waals surface area (Å²) in [4.78, 5) is 4.69. The van der Waals surface area contributed by atoms with Gasteiger partial charge in [-0.25, -0.2) is 4.99 Å². The van der Waals surface area contributed by atoms with Gasteiger partial charge >= 0.3 is 0 Å². The number of fused-ring (bicyclic) bond motifs is 1. The van der Waals surface area contributed by atoms with Gasteiger partial charge in [0.15, 0.2) is 17.5 Å². The molecule has 2 aromatic rings. The molecule has 0 bridgehead atoms. The van der Waals surface area contributed by atoms with Crippen LogP contribution in [0.4, 0.5) is 5.69 Å². The zero-order valence-electron chi connectivity index (χ0n) is 16.0. The molecule has 27 heavy (non-hydrogen) atoms. The van der Waals surface area contributed by atoms with Crippen molar-refractivity contribution >= 4 is 11.6 Å². The minimum absolute atomic E-state index is 0.524. The second-order valence-corrected chi connectivity index (χ2v) is 6.07.